The van der Waals surface area contributed by atoms with Crippen LogP contribution in [0.3, 0.4) is 0 Å². The van der Waals surface area contributed by atoms with Gasteiger partial charge in [0.1, 0.15) is 0 Å². The Bertz CT molecular complexity index is 980. The van der Waals surface area contributed by atoms with Gasteiger partial charge in [0.15, 0.2) is 0 Å². The van der Waals surface area contributed by atoms with Crippen molar-refractivity contribution >= 4 is 10.8 Å². The molecule has 0 N–H and O–H groups in total. The molecule has 0 saturated heterocycles. The molecule has 0 radical (unpaired) electrons. The van der Waals surface area contributed by atoms with E-state index in [-0.39, 0.29) is 21.2 Å². The maximum absolute atomic E-state index is 12.6. The second kappa shape index (κ2) is 6.80. The smallest absolute Gasteiger partial charge is 0.329 e. The molecule has 3 aromatic rings. The first-order valence-electron chi connectivity index (χ1n) is 7.16. The van der Waals surface area contributed by atoms with Crippen molar-refractivity contribution in [1.82, 2.24) is 10.1 Å². The second-order valence-electron chi connectivity index (χ2n) is 5.24. The summed E-state index contributed by atoms with van der Waals surface area (Å²) in [6.45, 7) is 0. The van der Waals surface area contributed by atoms with Crippen LogP contribution in [0.15, 0.2) is 62.8 Å². The molecule has 27 heavy (non-hydrogen) atoms. The summed E-state index contributed by atoms with van der Waals surface area (Å²) in [6.07, 6.45) is -9.32. The molecule has 1 atom stereocenters. The molecule has 0 bridgehead atoms. The highest BCUT2D eigenvalue weighted by Gasteiger charge is 2.38. The van der Waals surface area contributed by atoms with Crippen molar-refractivity contribution in [3.63, 3.8) is 0 Å². The Labute approximate surface area is 150 Å². The van der Waals surface area contributed by atoms with Crippen molar-refractivity contribution < 1.29 is 35.1 Å². The van der Waals surface area contributed by atoms with Crippen LogP contribution in [0, 0.1) is 0 Å². The van der Waals surface area contributed by atoms with Crippen molar-refractivity contribution in [3.05, 3.63) is 60.0 Å². The van der Waals surface area contributed by atoms with Gasteiger partial charge in [0, 0.05) is 15.4 Å². The Balaban J connectivity index is 1.89. The molecule has 11 heteroatoms. The molecule has 0 amide bonds. The third kappa shape index (κ3) is 4.18. The van der Waals surface area contributed by atoms with Gasteiger partial charge < -0.3 is 4.52 Å². The average molecular weight is 406 g/mol. The summed E-state index contributed by atoms with van der Waals surface area (Å²) < 4.78 is 92.1. The molecule has 1 unspecified atom stereocenters. The molecule has 0 aliphatic rings. The predicted molar refractivity (Wildman–Crippen MR) is 80.9 cm³/mol. The minimum atomic E-state index is -4.80. The zero-order valence-electron chi connectivity index (χ0n) is 13.0. The van der Waals surface area contributed by atoms with E-state index in [4.69, 9.17) is 0 Å². The van der Waals surface area contributed by atoms with Crippen LogP contribution in [0.2, 0.25) is 0 Å². The minimum absolute atomic E-state index is 0.101. The summed E-state index contributed by atoms with van der Waals surface area (Å²) in [6, 6.07) is 9.23. The van der Waals surface area contributed by atoms with Gasteiger partial charge in [-0.15, -0.1) is 0 Å². The summed E-state index contributed by atoms with van der Waals surface area (Å²) in [5.41, 5.74) is -0.768. The van der Waals surface area contributed by atoms with Crippen molar-refractivity contribution in [2.75, 3.05) is 0 Å². The molecule has 0 aliphatic heterocycles. The number of nitrogens with zero attached hydrogens (tertiary/aromatic N) is 2. The highest BCUT2D eigenvalue weighted by atomic mass is 32.2. The zero-order valence-corrected chi connectivity index (χ0v) is 13.8. The molecule has 0 saturated carbocycles. The zero-order chi connectivity index (χ0) is 19.8. The summed E-state index contributed by atoms with van der Waals surface area (Å²) in [4.78, 5) is 3.50. The van der Waals surface area contributed by atoms with Crippen LogP contribution in [0.5, 0.6) is 0 Å². The maximum atomic E-state index is 12.6. The Morgan fingerprint density at radius 2 is 1.52 bits per heavy atom. The number of hydrogen-bond donors (Lipinski definition) is 0. The third-order valence-electron chi connectivity index (χ3n) is 3.37. The SMILES string of the molecule is O=S(c1ccc(C(F)(F)F)cc1)c1cccc(-c2noc(C(F)(F)F)n2)c1. The van der Waals surface area contributed by atoms with Crippen LogP contribution in [0.25, 0.3) is 11.4 Å². The van der Waals surface area contributed by atoms with Crippen molar-refractivity contribution in [2.45, 2.75) is 22.1 Å². The fourth-order valence-electron chi connectivity index (χ4n) is 2.11. The van der Waals surface area contributed by atoms with Gasteiger partial charge in [0.05, 0.1) is 16.4 Å². The second-order valence-corrected chi connectivity index (χ2v) is 6.72. The van der Waals surface area contributed by atoms with Crippen LogP contribution >= 0.6 is 0 Å². The number of benzene rings is 2. The van der Waals surface area contributed by atoms with Crippen molar-refractivity contribution in [2.24, 2.45) is 0 Å². The fourth-order valence-corrected chi connectivity index (χ4v) is 3.20. The van der Waals surface area contributed by atoms with E-state index < -0.39 is 34.6 Å². The lowest BCUT2D eigenvalue weighted by Crippen LogP contribution is -2.05. The van der Waals surface area contributed by atoms with Gasteiger partial charge in [0.2, 0.25) is 5.82 Å². The van der Waals surface area contributed by atoms with Crippen LogP contribution in [-0.4, -0.2) is 14.3 Å². The fraction of sp³-hybridized carbons (Fsp3) is 0.125. The molecule has 3 rings (SSSR count). The largest absolute Gasteiger partial charge is 0.471 e. The van der Waals surface area contributed by atoms with E-state index in [2.05, 4.69) is 14.7 Å². The number of alkyl halides is 6. The van der Waals surface area contributed by atoms with Gasteiger partial charge in [0.25, 0.3) is 0 Å². The molecular formula is C16H8F6N2O2S. The van der Waals surface area contributed by atoms with Crippen LogP contribution in [0.1, 0.15) is 11.5 Å². The first-order chi connectivity index (χ1) is 12.6. The van der Waals surface area contributed by atoms with Gasteiger partial charge in [-0.05, 0) is 36.4 Å². The Kier molecular flexibility index (Phi) is 4.81. The van der Waals surface area contributed by atoms with E-state index in [1.807, 2.05) is 0 Å². The Morgan fingerprint density at radius 1 is 0.852 bits per heavy atom. The highest BCUT2D eigenvalue weighted by molar-refractivity contribution is 7.85. The monoisotopic (exact) mass is 406 g/mol. The minimum Gasteiger partial charge on any atom is -0.329 e. The van der Waals surface area contributed by atoms with Gasteiger partial charge in [-0.25, -0.2) is 4.21 Å². The Morgan fingerprint density at radius 3 is 2.07 bits per heavy atom. The molecule has 142 valence electrons. The molecule has 4 nitrogen and oxygen atoms in total. The maximum Gasteiger partial charge on any atom is 0.471 e. The third-order valence-corrected chi connectivity index (χ3v) is 4.75. The normalized spacial score (nSPS) is 13.6. The summed E-state index contributed by atoms with van der Waals surface area (Å²) >= 11 is 0. The van der Waals surface area contributed by atoms with Gasteiger partial charge in [-0.1, -0.05) is 17.3 Å². The number of halogens is 6. The van der Waals surface area contributed by atoms with Crippen molar-refractivity contribution in [1.29, 1.82) is 0 Å². The molecule has 1 heterocycles. The summed E-state index contributed by atoms with van der Waals surface area (Å²) in [7, 11) is -1.85. The lowest BCUT2D eigenvalue weighted by atomic mass is 10.2. The molecule has 0 aliphatic carbocycles. The van der Waals surface area contributed by atoms with Crippen LogP contribution in [-0.2, 0) is 23.2 Å². The van der Waals surface area contributed by atoms with Crippen LogP contribution < -0.4 is 0 Å². The van der Waals surface area contributed by atoms with E-state index in [0.717, 1.165) is 24.3 Å². The number of rotatable bonds is 3. The van der Waals surface area contributed by atoms with Gasteiger partial charge in [-0.3, -0.25) is 0 Å². The standard InChI is InChI=1S/C16H8F6N2O2S/c17-15(18,19)10-4-6-11(7-5-10)27(25)12-3-1-2-9(8-12)13-23-14(26-24-13)16(20,21)22/h1-8H. The van der Waals surface area contributed by atoms with E-state index in [9.17, 15) is 30.6 Å². The lowest BCUT2D eigenvalue weighted by molar-refractivity contribution is -0.159. The molecule has 0 fully saturated rings. The quantitative estimate of drug-likeness (QED) is 0.578. The summed E-state index contributed by atoms with van der Waals surface area (Å²) in [5.74, 6) is -1.87. The molecular weight excluding hydrogens is 398 g/mol. The lowest BCUT2D eigenvalue weighted by Gasteiger charge is -2.08. The predicted octanol–water partition coefficient (Wildman–Crippen LogP) is 4.94. The molecule has 0 spiro atoms. The van der Waals surface area contributed by atoms with Gasteiger partial charge >= 0.3 is 18.2 Å². The van der Waals surface area contributed by atoms with E-state index in [0.29, 0.717) is 0 Å². The summed E-state index contributed by atoms with van der Waals surface area (Å²) in [5, 5.41) is 3.23. The highest BCUT2D eigenvalue weighted by Crippen LogP contribution is 2.31. The van der Waals surface area contributed by atoms with E-state index in [1.165, 1.54) is 24.3 Å². The average Bonchev–Trinajstić information content (AvgIpc) is 3.11. The topological polar surface area (TPSA) is 56.0 Å². The Hall–Kier alpha value is -2.69. The van der Waals surface area contributed by atoms with E-state index in [1.54, 1.807) is 0 Å². The first kappa shape index (κ1) is 19.1. The number of hydrogen-bond acceptors (Lipinski definition) is 4. The number of aromatic nitrogens is 2. The molecule has 2 aromatic carbocycles. The van der Waals surface area contributed by atoms with Crippen LogP contribution in [0.4, 0.5) is 26.3 Å². The van der Waals surface area contributed by atoms with Crippen molar-refractivity contribution in [3.8, 4) is 11.4 Å². The molecule has 1 aromatic heterocycles. The first-order valence-corrected chi connectivity index (χ1v) is 8.31. The van der Waals surface area contributed by atoms with E-state index >= 15 is 0 Å². The van der Waals surface area contributed by atoms with Gasteiger partial charge in [-0.2, -0.15) is 31.3 Å².